The molecule has 2 unspecified atom stereocenters. The van der Waals surface area contributed by atoms with Crippen LogP contribution in [0.3, 0.4) is 0 Å². The number of aromatic nitrogens is 2. The van der Waals surface area contributed by atoms with Crippen LogP contribution in [0.25, 0.3) is 0 Å². The van der Waals surface area contributed by atoms with Crippen LogP contribution in [0, 0.1) is 29.9 Å². The van der Waals surface area contributed by atoms with Gasteiger partial charge in [0.15, 0.2) is 0 Å². The van der Waals surface area contributed by atoms with Crippen LogP contribution in [0.5, 0.6) is 0 Å². The summed E-state index contributed by atoms with van der Waals surface area (Å²) in [6.07, 6.45) is 1.07. The summed E-state index contributed by atoms with van der Waals surface area (Å²) in [4.78, 5) is 10.5. The molecule has 0 amide bonds. The molecule has 0 saturated heterocycles. The van der Waals surface area contributed by atoms with E-state index in [1.165, 1.54) is 4.68 Å². The molecule has 1 aromatic heterocycles. The second-order valence-corrected chi connectivity index (χ2v) is 5.68. The first-order chi connectivity index (χ1) is 9.90. The van der Waals surface area contributed by atoms with Crippen molar-refractivity contribution in [3.63, 3.8) is 0 Å². The molecule has 118 valence electrons. The summed E-state index contributed by atoms with van der Waals surface area (Å²) in [6, 6.07) is 0. The van der Waals surface area contributed by atoms with Crippen molar-refractivity contribution in [2.75, 3.05) is 13.1 Å². The second kappa shape index (κ2) is 6.50. The lowest BCUT2D eigenvalue weighted by Crippen LogP contribution is -2.36. The minimum atomic E-state index is -0.714. The van der Waals surface area contributed by atoms with Crippen molar-refractivity contribution in [3.05, 3.63) is 21.5 Å². The molecule has 2 atom stereocenters. The third-order valence-electron chi connectivity index (χ3n) is 3.81. The topological polar surface area (TPSA) is 113 Å². The van der Waals surface area contributed by atoms with E-state index in [1.54, 1.807) is 13.8 Å². The van der Waals surface area contributed by atoms with E-state index in [2.05, 4.69) is 10.4 Å². The first-order valence-electron chi connectivity index (χ1n) is 7.15. The molecule has 1 aliphatic carbocycles. The fraction of sp³-hybridized carbons (Fsp3) is 0.769. The van der Waals surface area contributed by atoms with Gasteiger partial charge in [-0.25, -0.2) is 0 Å². The van der Waals surface area contributed by atoms with Gasteiger partial charge in [0, 0.05) is 13.1 Å². The summed E-state index contributed by atoms with van der Waals surface area (Å²) in [7, 11) is 0. The summed E-state index contributed by atoms with van der Waals surface area (Å²) in [5, 5.41) is 37.7. The Morgan fingerprint density at radius 1 is 1.43 bits per heavy atom. The monoisotopic (exact) mass is 298 g/mol. The van der Waals surface area contributed by atoms with Crippen molar-refractivity contribution in [1.29, 1.82) is 0 Å². The Labute approximate surface area is 122 Å². The Morgan fingerprint density at radius 2 is 2.10 bits per heavy atom. The van der Waals surface area contributed by atoms with Gasteiger partial charge in [-0.15, -0.1) is 0 Å². The Hall–Kier alpha value is -1.51. The van der Waals surface area contributed by atoms with Crippen molar-refractivity contribution >= 4 is 5.69 Å². The van der Waals surface area contributed by atoms with E-state index in [0.717, 1.165) is 12.8 Å². The molecule has 0 spiro atoms. The minimum absolute atomic E-state index is 0.000634. The van der Waals surface area contributed by atoms with Gasteiger partial charge in [-0.05, 0) is 32.6 Å². The highest BCUT2D eigenvalue weighted by Gasteiger charge is 2.29. The first kappa shape index (κ1) is 15.9. The Bertz CT molecular complexity index is 513. The maximum Gasteiger partial charge on any atom is 0.312 e. The van der Waals surface area contributed by atoms with E-state index < -0.39 is 11.0 Å². The number of rotatable bonds is 8. The molecule has 0 bridgehead atoms. The maximum absolute atomic E-state index is 10.9. The highest BCUT2D eigenvalue weighted by atomic mass is 16.6. The van der Waals surface area contributed by atoms with Crippen LogP contribution in [-0.4, -0.2) is 50.2 Å². The van der Waals surface area contributed by atoms with Crippen LogP contribution in [0.15, 0.2) is 0 Å². The molecule has 1 heterocycles. The van der Waals surface area contributed by atoms with Gasteiger partial charge in [0.05, 0.1) is 23.7 Å². The molecule has 0 aromatic carbocycles. The molecule has 8 heteroatoms. The molecule has 1 aromatic rings. The normalized spacial score (nSPS) is 17.7. The Morgan fingerprint density at radius 3 is 2.62 bits per heavy atom. The molecule has 1 aliphatic rings. The molecule has 1 fully saturated rings. The molecule has 2 rings (SSSR count). The number of aliphatic hydroxyl groups is 2. The summed E-state index contributed by atoms with van der Waals surface area (Å²) in [5.74, 6) is 0.397. The SMILES string of the molecule is Cc1nn(CC(O)CNCC(O)C2CC2)c(C)c1[N+](=O)[O-]. The largest absolute Gasteiger partial charge is 0.392 e. The molecule has 0 aliphatic heterocycles. The molecule has 1 saturated carbocycles. The highest BCUT2D eigenvalue weighted by Crippen LogP contribution is 2.32. The number of nitrogens with zero attached hydrogens (tertiary/aromatic N) is 3. The Balaban J connectivity index is 1.83. The zero-order valence-corrected chi connectivity index (χ0v) is 12.3. The van der Waals surface area contributed by atoms with Crippen molar-refractivity contribution in [2.45, 2.75) is 45.4 Å². The fourth-order valence-electron chi connectivity index (χ4n) is 2.44. The predicted molar refractivity (Wildman–Crippen MR) is 76.0 cm³/mol. The zero-order chi connectivity index (χ0) is 15.6. The second-order valence-electron chi connectivity index (χ2n) is 5.68. The van der Waals surface area contributed by atoms with Crippen molar-refractivity contribution < 1.29 is 15.1 Å². The lowest BCUT2D eigenvalue weighted by atomic mass is 10.2. The van der Waals surface area contributed by atoms with E-state index in [0.29, 0.717) is 30.4 Å². The van der Waals surface area contributed by atoms with Crippen LogP contribution >= 0.6 is 0 Å². The third-order valence-corrected chi connectivity index (χ3v) is 3.81. The molecule has 8 nitrogen and oxygen atoms in total. The van der Waals surface area contributed by atoms with E-state index in [4.69, 9.17) is 0 Å². The lowest BCUT2D eigenvalue weighted by molar-refractivity contribution is -0.386. The van der Waals surface area contributed by atoms with Gasteiger partial charge >= 0.3 is 5.69 Å². The third kappa shape index (κ3) is 3.99. The van der Waals surface area contributed by atoms with Gasteiger partial charge in [0.2, 0.25) is 0 Å². The van der Waals surface area contributed by atoms with Gasteiger partial charge in [0.25, 0.3) is 0 Å². The molecule has 0 radical (unpaired) electrons. The first-order valence-corrected chi connectivity index (χ1v) is 7.15. The highest BCUT2D eigenvalue weighted by molar-refractivity contribution is 5.39. The van der Waals surface area contributed by atoms with Crippen LogP contribution in [0.1, 0.15) is 24.2 Å². The van der Waals surface area contributed by atoms with Crippen molar-refractivity contribution in [2.24, 2.45) is 5.92 Å². The summed E-state index contributed by atoms with van der Waals surface area (Å²) >= 11 is 0. The summed E-state index contributed by atoms with van der Waals surface area (Å²) < 4.78 is 1.46. The fourth-order valence-corrected chi connectivity index (χ4v) is 2.44. The van der Waals surface area contributed by atoms with Crippen LogP contribution < -0.4 is 5.32 Å². The number of hydrogen-bond acceptors (Lipinski definition) is 6. The van der Waals surface area contributed by atoms with E-state index in [1.807, 2.05) is 0 Å². The standard InChI is InChI=1S/C13H22N4O4/c1-8-13(17(20)21)9(2)16(15-8)7-11(18)5-14-6-12(19)10-3-4-10/h10-12,14,18-19H,3-7H2,1-2H3. The average Bonchev–Trinajstić information content (AvgIpc) is 3.17. The van der Waals surface area contributed by atoms with E-state index in [-0.39, 0.29) is 18.3 Å². The van der Waals surface area contributed by atoms with E-state index in [9.17, 15) is 20.3 Å². The minimum Gasteiger partial charge on any atom is -0.392 e. The van der Waals surface area contributed by atoms with Crippen molar-refractivity contribution in [3.8, 4) is 0 Å². The zero-order valence-electron chi connectivity index (χ0n) is 12.3. The number of nitro groups is 1. The number of hydrogen-bond donors (Lipinski definition) is 3. The quantitative estimate of drug-likeness (QED) is 0.464. The molecule has 21 heavy (non-hydrogen) atoms. The van der Waals surface area contributed by atoms with Gasteiger partial charge in [-0.2, -0.15) is 5.10 Å². The van der Waals surface area contributed by atoms with Gasteiger partial charge in [0.1, 0.15) is 11.4 Å². The molecular weight excluding hydrogens is 276 g/mol. The average molecular weight is 298 g/mol. The van der Waals surface area contributed by atoms with E-state index >= 15 is 0 Å². The maximum atomic E-state index is 10.9. The number of aryl methyl sites for hydroxylation is 1. The van der Waals surface area contributed by atoms with Gasteiger partial charge in [-0.1, -0.05) is 0 Å². The summed E-state index contributed by atoms with van der Waals surface area (Å²) in [6.45, 7) is 4.16. The van der Waals surface area contributed by atoms with Crippen LogP contribution in [0.2, 0.25) is 0 Å². The van der Waals surface area contributed by atoms with Gasteiger partial charge < -0.3 is 15.5 Å². The number of nitrogens with one attached hydrogen (secondary N) is 1. The molecular formula is C13H22N4O4. The summed E-state index contributed by atoms with van der Waals surface area (Å²) in [5.41, 5.74) is 0.788. The Kier molecular flexibility index (Phi) is 4.92. The smallest absolute Gasteiger partial charge is 0.312 e. The van der Waals surface area contributed by atoms with Crippen LogP contribution in [0.4, 0.5) is 5.69 Å². The van der Waals surface area contributed by atoms with Gasteiger partial charge in [-0.3, -0.25) is 14.8 Å². The predicted octanol–water partition coefficient (Wildman–Crippen LogP) is 0.130. The molecule has 3 N–H and O–H groups in total. The van der Waals surface area contributed by atoms with Crippen molar-refractivity contribution in [1.82, 2.24) is 15.1 Å². The van der Waals surface area contributed by atoms with Crippen LogP contribution in [-0.2, 0) is 6.54 Å². The number of aliphatic hydroxyl groups excluding tert-OH is 2. The lowest BCUT2D eigenvalue weighted by Gasteiger charge is -2.15.